The van der Waals surface area contributed by atoms with Crippen molar-refractivity contribution in [3.8, 4) is 6.07 Å². The van der Waals surface area contributed by atoms with Gasteiger partial charge in [-0.1, -0.05) is 83.5 Å². The molecule has 0 saturated carbocycles. The fourth-order valence-electron chi connectivity index (χ4n) is 4.12. The summed E-state index contributed by atoms with van der Waals surface area (Å²) >= 11 is 7.35. The fraction of sp³-hybridized carbons (Fsp3) is 0.167. The van der Waals surface area contributed by atoms with E-state index in [2.05, 4.69) is 16.7 Å². The highest BCUT2D eigenvalue weighted by Crippen LogP contribution is 2.43. The highest BCUT2D eigenvalue weighted by molar-refractivity contribution is 8.03. The van der Waals surface area contributed by atoms with E-state index >= 15 is 0 Å². The summed E-state index contributed by atoms with van der Waals surface area (Å²) in [5, 5.41) is 17.5. The lowest BCUT2D eigenvalue weighted by Gasteiger charge is -2.30. The molecule has 0 spiro atoms. The molecule has 1 atom stereocenters. The van der Waals surface area contributed by atoms with Crippen molar-refractivity contribution in [2.45, 2.75) is 19.8 Å². The standard InChI is InChI=1S/C30H26ClN3O3S/c1-3-37-30(36)27-26(20-11-13-22(31)14-12-20)24(17-32)29(34-28(27)21-7-5-4-6-8-21)38-18-25(35)33-23-15-9-19(2)10-16-23/h4-16,26,34H,3,18H2,1-2H3,(H,33,35). The minimum atomic E-state index is -0.713. The zero-order valence-electron chi connectivity index (χ0n) is 21.0. The molecule has 3 aromatic rings. The molecule has 2 N–H and O–H groups in total. The molecule has 0 aromatic heterocycles. The van der Waals surface area contributed by atoms with Crippen LogP contribution in [0.15, 0.2) is 95.0 Å². The van der Waals surface area contributed by atoms with E-state index in [1.54, 1.807) is 31.2 Å². The summed E-state index contributed by atoms with van der Waals surface area (Å²) in [5.74, 6) is -1.39. The van der Waals surface area contributed by atoms with Gasteiger partial charge in [-0.2, -0.15) is 5.26 Å². The van der Waals surface area contributed by atoms with Gasteiger partial charge in [0.15, 0.2) is 0 Å². The van der Waals surface area contributed by atoms with Crippen LogP contribution in [0.2, 0.25) is 5.02 Å². The Morgan fingerprint density at radius 2 is 1.74 bits per heavy atom. The van der Waals surface area contributed by atoms with E-state index in [-0.39, 0.29) is 18.3 Å². The first-order valence-electron chi connectivity index (χ1n) is 12.0. The third-order valence-electron chi connectivity index (χ3n) is 5.89. The fourth-order valence-corrected chi connectivity index (χ4v) is 5.09. The predicted octanol–water partition coefficient (Wildman–Crippen LogP) is 6.42. The average Bonchev–Trinajstić information content (AvgIpc) is 2.93. The van der Waals surface area contributed by atoms with E-state index in [9.17, 15) is 14.9 Å². The number of carbonyl (C=O) groups excluding carboxylic acids is 2. The lowest BCUT2D eigenvalue weighted by molar-refractivity contribution is -0.138. The number of rotatable bonds is 8. The van der Waals surface area contributed by atoms with Gasteiger partial charge >= 0.3 is 5.97 Å². The first-order valence-corrected chi connectivity index (χ1v) is 13.4. The van der Waals surface area contributed by atoms with Gasteiger partial charge in [0, 0.05) is 10.7 Å². The molecule has 1 unspecified atom stereocenters. The largest absolute Gasteiger partial charge is 0.463 e. The highest BCUT2D eigenvalue weighted by atomic mass is 35.5. The van der Waals surface area contributed by atoms with Crippen molar-refractivity contribution in [1.82, 2.24) is 5.32 Å². The number of carbonyl (C=O) groups is 2. The van der Waals surface area contributed by atoms with Gasteiger partial charge in [-0.05, 0) is 49.2 Å². The molecule has 38 heavy (non-hydrogen) atoms. The molecule has 1 aliphatic heterocycles. The number of hydrogen-bond donors (Lipinski definition) is 2. The Kier molecular flexibility index (Phi) is 8.90. The van der Waals surface area contributed by atoms with Gasteiger partial charge in [0.1, 0.15) is 0 Å². The third-order valence-corrected chi connectivity index (χ3v) is 7.16. The number of thioether (sulfide) groups is 1. The molecule has 3 aromatic carbocycles. The molecular formula is C30H26ClN3O3S. The number of anilines is 1. The number of ether oxygens (including phenoxy) is 1. The van der Waals surface area contributed by atoms with Crippen LogP contribution < -0.4 is 10.6 Å². The Bertz CT molecular complexity index is 1430. The van der Waals surface area contributed by atoms with Crippen LogP contribution in [0.25, 0.3) is 5.70 Å². The van der Waals surface area contributed by atoms with Gasteiger partial charge in [0.25, 0.3) is 0 Å². The van der Waals surface area contributed by atoms with Crippen LogP contribution >= 0.6 is 23.4 Å². The molecule has 0 radical (unpaired) electrons. The number of amides is 1. The number of dihydropyridines is 1. The second-order valence-corrected chi connectivity index (χ2v) is 9.96. The van der Waals surface area contributed by atoms with Crippen LogP contribution in [0.5, 0.6) is 0 Å². The number of nitrogens with zero attached hydrogens (tertiary/aromatic N) is 1. The molecule has 0 aliphatic carbocycles. The average molecular weight is 544 g/mol. The Labute approximate surface area is 231 Å². The summed E-state index contributed by atoms with van der Waals surface area (Å²) in [5.41, 5.74) is 4.44. The molecule has 1 amide bonds. The molecule has 192 valence electrons. The summed E-state index contributed by atoms with van der Waals surface area (Å²) in [6.45, 7) is 3.90. The molecule has 1 aliphatic rings. The van der Waals surface area contributed by atoms with E-state index in [0.29, 0.717) is 38.1 Å². The van der Waals surface area contributed by atoms with E-state index in [0.717, 1.165) is 11.1 Å². The van der Waals surface area contributed by atoms with E-state index in [4.69, 9.17) is 16.3 Å². The summed E-state index contributed by atoms with van der Waals surface area (Å²) < 4.78 is 5.44. The minimum Gasteiger partial charge on any atom is -0.463 e. The van der Waals surface area contributed by atoms with Crippen molar-refractivity contribution in [2.75, 3.05) is 17.7 Å². The van der Waals surface area contributed by atoms with Crippen LogP contribution in [-0.4, -0.2) is 24.2 Å². The lowest BCUT2D eigenvalue weighted by atomic mass is 9.81. The topological polar surface area (TPSA) is 91.2 Å². The maximum atomic E-state index is 13.3. The number of esters is 1. The van der Waals surface area contributed by atoms with Crippen LogP contribution in [0.4, 0.5) is 5.69 Å². The van der Waals surface area contributed by atoms with E-state index in [1.165, 1.54) is 11.8 Å². The molecule has 0 fully saturated rings. The molecule has 4 rings (SSSR count). The van der Waals surface area contributed by atoms with Crippen molar-refractivity contribution in [3.05, 3.63) is 117 Å². The predicted molar refractivity (Wildman–Crippen MR) is 152 cm³/mol. The normalized spacial score (nSPS) is 14.9. The number of halogens is 1. The van der Waals surface area contributed by atoms with Crippen LogP contribution in [0.3, 0.4) is 0 Å². The van der Waals surface area contributed by atoms with Crippen LogP contribution in [0, 0.1) is 18.3 Å². The minimum absolute atomic E-state index is 0.0610. The number of aryl methyl sites for hydroxylation is 1. The van der Waals surface area contributed by atoms with Gasteiger partial charge in [-0.15, -0.1) is 0 Å². The zero-order chi connectivity index (χ0) is 27.1. The van der Waals surface area contributed by atoms with Crippen LogP contribution in [0.1, 0.15) is 29.5 Å². The number of hydrogen-bond acceptors (Lipinski definition) is 6. The van der Waals surface area contributed by atoms with Crippen molar-refractivity contribution >= 4 is 46.6 Å². The molecule has 8 heteroatoms. The second kappa shape index (κ2) is 12.5. The smallest absolute Gasteiger partial charge is 0.337 e. The second-order valence-electron chi connectivity index (χ2n) is 8.54. The number of nitriles is 1. The monoisotopic (exact) mass is 543 g/mol. The van der Waals surface area contributed by atoms with E-state index in [1.807, 2.05) is 61.5 Å². The van der Waals surface area contributed by atoms with Crippen LogP contribution in [-0.2, 0) is 14.3 Å². The van der Waals surface area contributed by atoms with Gasteiger partial charge in [-0.3, -0.25) is 4.79 Å². The molecule has 0 bridgehead atoms. The molecule has 6 nitrogen and oxygen atoms in total. The molecular weight excluding hydrogens is 518 g/mol. The maximum absolute atomic E-state index is 13.3. The quantitative estimate of drug-likeness (QED) is 0.319. The molecule has 1 heterocycles. The Morgan fingerprint density at radius 3 is 2.37 bits per heavy atom. The highest BCUT2D eigenvalue weighted by Gasteiger charge is 2.37. The van der Waals surface area contributed by atoms with Gasteiger partial charge in [0.2, 0.25) is 5.91 Å². The third kappa shape index (κ3) is 6.28. The zero-order valence-corrected chi connectivity index (χ0v) is 22.5. The first-order chi connectivity index (χ1) is 18.4. The summed E-state index contributed by atoms with van der Waals surface area (Å²) in [4.78, 5) is 26.1. The Hall–Kier alpha value is -3.99. The van der Waals surface area contributed by atoms with Crippen molar-refractivity contribution in [1.29, 1.82) is 5.26 Å². The Morgan fingerprint density at radius 1 is 1.05 bits per heavy atom. The van der Waals surface area contributed by atoms with Gasteiger partial charge < -0.3 is 15.4 Å². The van der Waals surface area contributed by atoms with Crippen molar-refractivity contribution in [2.24, 2.45) is 0 Å². The van der Waals surface area contributed by atoms with E-state index < -0.39 is 11.9 Å². The van der Waals surface area contributed by atoms with Gasteiger partial charge in [0.05, 0.1) is 46.2 Å². The summed E-state index contributed by atoms with van der Waals surface area (Å²) in [6.07, 6.45) is 0. The number of benzene rings is 3. The summed E-state index contributed by atoms with van der Waals surface area (Å²) in [7, 11) is 0. The SMILES string of the molecule is CCOC(=O)C1=C(c2ccccc2)NC(SCC(=O)Nc2ccc(C)cc2)=C(C#N)C1c1ccc(Cl)cc1. The maximum Gasteiger partial charge on any atom is 0.337 e. The summed E-state index contributed by atoms with van der Waals surface area (Å²) in [6, 6.07) is 26.2. The molecule has 0 saturated heterocycles. The Balaban J connectivity index is 1.75. The van der Waals surface area contributed by atoms with Crippen molar-refractivity contribution < 1.29 is 14.3 Å². The van der Waals surface area contributed by atoms with Gasteiger partial charge in [-0.25, -0.2) is 4.79 Å². The van der Waals surface area contributed by atoms with Crippen molar-refractivity contribution in [3.63, 3.8) is 0 Å². The number of allylic oxidation sites excluding steroid dienone is 1. The first kappa shape index (κ1) is 27.1. The number of nitrogens with one attached hydrogen (secondary N) is 2. The lowest BCUT2D eigenvalue weighted by Crippen LogP contribution is -2.29.